The average Bonchev–Trinajstić information content (AvgIpc) is 3.23. The highest BCUT2D eigenvalue weighted by atomic mass is 32.2. The van der Waals surface area contributed by atoms with Gasteiger partial charge in [-0.25, -0.2) is 15.0 Å². The predicted molar refractivity (Wildman–Crippen MR) is 95.7 cm³/mol. The van der Waals surface area contributed by atoms with E-state index >= 15 is 0 Å². The minimum atomic E-state index is -0.710. The molecule has 0 spiro atoms. The van der Waals surface area contributed by atoms with E-state index in [1.807, 2.05) is 18.4 Å². The van der Waals surface area contributed by atoms with Crippen molar-refractivity contribution in [3.63, 3.8) is 0 Å². The highest BCUT2D eigenvalue weighted by molar-refractivity contribution is 8.13. The molecule has 2 aliphatic rings. The van der Waals surface area contributed by atoms with E-state index in [1.165, 1.54) is 18.1 Å². The fourth-order valence-corrected chi connectivity index (χ4v) is 4.11. The Hall–Kier alpha value is -1.75. The minimum Gasteiger partial charge on any atom is -0.371 e. The summed E-state index contributed by atoms with van der Waals surface area (Å²) in [6.45, 7) is 5.31. The van der Waals surface area contributed by atoms with Crippen molar-refractivity contribution < 1.29 is 19.0 Å². The molecule has 2 saturated heterocycles. The third-order valence-electron chi connectivity index (χ3n) is 4.45. The Balaban J connectivity index is 1.69. The van der Waals surface area contributed by atoms with Gasteiger partial charge in [-0.2, -0.15) is 0 Å². The summed E-state index contributed by atoms with van der Waals surface area (Å²) in [4.78, 5) is 24.3. The third-order valence-corrected chi connectivity index (χ3v) is 5.35. The Kier molecular flexibility index (Phi) is 4.38. The maximum Gasteiger partial charge on any atom is 0.185 e. The van der Waals surface area contributed by atoms with E-state index in [-0.39, 0.29) is 23.4 Å². The monoisotopic (exact) mass is 379 g/mol. The van der Waals surface area contributed by atoms with Crippen molar-refractivity contribution in [2.75, 3.05) is 18.1 Å². The normalized spacial score (nSPS) is 29.8. The first-order valence-corrected chi connectivity index (χ1v) is 9.38. The van der Waals surface area contributed by atoms with Crippen molar-refractivity contribution in [1.82, 2.24) is 19.5 Å². The topological polar surface area (TPSA) is 100 Å². The number of nitrogens with zero attached hydrogens (tertiary/aromatic N) is 4. The van der Waals surface area contributed by atoms with Crippen LogP contribution >= 0.6 is 11.8 Å². The zero-order valence-corrected chi connectivity index (χ0v) is 15.8. The van der Waals surface area contributed by atoms with Gasteiger partial charge in [-0.3, -0.25) is 9.36 Å². The summed E-state index contributed by atoms with van der Waals surface area (Å²) in [6, 6.07) is 0. The quantitative estimate of drug-likeness (QED) is 0.848. The van der Waals surface area contributed by atoms with Gasteiger partial charge in [0.05, 0.1) is 12.4 Å². The highest BCUT2D eigenvalue weighted by Gasteiger charge is 2.56. The Morgan fingerprint density at radius 1 is 1.31 bits per heavy atom. The van der Waals surface area contributed by atoms with E-state index in [9.17, 15) is 4.79 Å². The molecule has 4 rings (SSSR count). The molecule has 9 nitrogen and oxygen atoms in total. The van der Waals surface area contributed by atoms with Gasteiger partial charge >= 0.3 is 0 Å². The molecule has 0 amide bonds. The molecular weight excluding hydrogens is 358 g/mol. The van der Waals surface area contributed by atoms with E-state index in [0.717, 1.165) is 0 Å². The van der Waals surface area contributed by atoms with E-state index in [0.29, 0.717) is 22.7 Å². The van der Waals surface area contributed by atoms with Gasteiger partial charge in [-0.1, -0.05) is 11.8 Å². The van der Waals surface area contributed by atoms with Crippen molar-refractivity contribution in [2.45, 2.75) is 51.1 Å². The molecule has 2 aromatic rings. The standard InChI is InChI=1S/C16H21N5O4S/c1-8(22)26-5-9-11-12(25-16(2,3)24-11)15(23-9)21-7-20-10-13(17-4)18-6-19-14(10)21/h6-7,9,11-12,15H,5H2,1-4H3,(H,17,18,19). The van der Waals surface area contributed by atoms with Gasteiger partial charge in [-0.15, -0.1) is 0 Å². The van der Waals surface area contributed by atoms with Crippen LogP contribution in [-0.2, 0) is 19.0 Å². The van der Waals surface area contributed by atoms with Gasteiger partial charge in [0.2, 0.25) is 0 Å². The molecule has 140 valence electrons. The Bertz CT molecular complexity index is 841. The lowest BCUT2D eigenvalue weighted by molar-refractivity contribution is -0.193. The van der Waals surface area contributed by atoms with Crippen molar-refractivity contribution in [3.05, 3.63) is 12.7 Å². The maximum absolute atomic E-state index is 11.4. The predicted octanol–water partition coefficient (Wildman–Crippen LogP) is 1.57. The number of aromatic nitrogens is 4. The first-order valence-electron chi connectivity index (χ1n) is 8.39. The van der Waals surface area contributed by atoms with Crippen LogP contribution in [0.15, 0.2) is 12.7 Å². The fourth-order valence-electron chi connectivity index (χ4n) is 3.44. The fraction of sp³-hybridized carbons (Fsp3) is 0.625. The first kappa shape index (κ1) is 17.7. The van der Waals surface area contributed by atoms with Crippen LogP contribution < -0.4 is 5.32 Å². The van der Waals surface area contributed by atoms with E-state index in [1.54, 1.807) is 20.3 Å². The van der Waals surface area contributed by atoms with Gasteiger partial charge in [0.25, 0.3) is 0 Å². The molecule has 4 unspecified atom stereocenters. The smallest absolute Gasteiger partial charge is 0.185 e. The van der Waals surface area contributed by atoms with Crippen molar-refractivity contribution in [3.8, 4) is 0 Å². The van der Waals surface area contributed by atoms with Crippen LogP contribution in [0.1, 0.15) is 27.0 Å². The molecule has 0 radical (unpaired) electrons. The lowest BCUT2D eigenvalue weighted by Gasteiger charge is -2.24. The number of carbonyl (C=O) groups excluding carboxylic acids is 1. The number of nitrogens with one attached hydrogen (secondary N) is 1. The molecule has 0 aliphatic carbocycles. The average molecular weight is 379 g/mol. The molecule has 0 aromatic carbocycles. The molecule has 2 fully saturated rings. The maximum atomic E-state index is 11.4. The molecule has 2 aromatic heterocycles. The second kappa shape index (κ2) is 6.45. The van der Waals surface area contributed by atoms with Crippen molar-refractivity contribution in [1.29, 1.82) is 0 Å². The third kappa shape index (κ3) is 2.96. The Labute approximate surface area is 154 Å². The van der Waals surface area contributed by atoms with Crippen molar-refractivity contribution in [2.24, 2.45) is 0 Å². The summed E-state index contributed by atoms with van der Waals surface area (Å²) < 4.78 is 20.2. The summed E-state index contributed by atoms with van der Waals surface area (Å²) in [6.07, 6.45) is 1.89. The number of hydrogen-bond donors (Lipinski definition) is 1. The number of thioether (sulfide) groups is 1. The lowest BCUT2D eigenvalue weighted by atomic mass is 10.1. The van der Waals surface area contributed by atoms with Gasteiger partial charge in [0, 0.05) is 19.7 Å². The van der Waals surface area contributed by atoms with Crippen LogP contribution in [-0.4, -0.2) is 61.5 Å². The van der Waals surface area contributed by atoms with E-state index < -0.39 is 12.0 Å². The molecule has 1 N–H and O–H groups in total. The number of carbonyl (C=O) groups is 1. The van der Waals surface area contributed by atoms with Crippen LogP contribution in [0.5, 0.6) is 0 Å². The van der Waals surface area contributed by atoms with E-state index in [2.05, 4.69) is 20.3 Å². The van der Waals surface area contributed by atoms with Crippen LogP contribution in [0.3, 0.4) is 0 Å². The second-order valence-corrected chi connectivity index (χ2v) is 7.93. The number of hydrogen-bond acceptors (Lipinski definition) is 9. The summed E-state index contributed by atoms with van der Waals surface area (Å²) in [5.41, 5.74) is 1.32. The number of ether oxygens (including phenoxy) is 3. The van der Waals surface area contributed by atoms with Crippen LogP contribution in [0, 0.1) is 0 Å². The number of rotatable bonds is 4. The van der Waals surface area contributed by atoms with E-state index in [4.69, 9.17) is 14.2 Å². The lowest BCUT2D eigenvalue weighted by Crippen LogP contribution is -2.31. The highest BCUT2D eigenvalue weighted by Crippen LogP contribution is 2.44. The zero-order valence-electron chi connectivity index (χ0n) is 15.0. The summed E-state index contributed by atoms with van der Waals surface area (Å²) >= 11 is 1.23. The zero-order chi connectivity index (χ0) is 18.5. The van der Waals surface area contributed by atoms with Gasteiger partial charge in [0.1, 0.15) is 24.1 Å². The van der Waals surface area contributed by atoms with Gasteiger partial charge in [-0.05, 0) is 13.8 Å². The second-order valence-electron chi connectivity index (χ2n) is 6.73. The summed E-state index contributed by atoms with van der Waals surface area (Å²) in [5.74, 6) is 0.448. The molecule has 4 atom stereocenters. The Morgan fingerprint density at radius 3 is 2.81 bits per heavy atom. The van der Waals surface area contributed by atoms with Crippen LogP contribution in [0.4, 0.5) is 5.82 Å². The van der Waals surface area contributed by atoms with Crippen LogP contribution in [0.2, 0.25) is 0 Å². The number of imidazole rings is 1. The SMILES string of the molecule is CNc1ncnc2c1ncn2C1OC(CSC(C)=O)C2OC(C)(C)OC21. The number of anilines is 1. The number of fused-ring (bicyclic) bond motifs is 2. The van der Waals surface area contributed by atoms with Gasteiger partial charge in [0.15, 0.2) is 28.6 Å². The van der Waals surface area contributed by atoms with Crippen molar-refractivity contribution >= 4 is 33.9 Å². The first-order chi connectivity index (χ1) is 12.4. The summed E-state index contributed by atoms with van der Waals surface area (Å²) in [7, 11) is 1.79. The molecule has 10 heteroatoms. The van der Waals surface area contributed by atoms with Crippen LogP contribution in [0.25, 0.3) is 11.2 Å². The molecule has 0 saturated carbocycles. The van der Waals surface area contributed by atoms with Gasteiger partial charge < -0.3 is 19.5 Å². The largest absolute Gasteiger partial charge is 0.371 e. The summed E-state index contributed by atoms with van der Waals surface area (Å²) in [5, 5.41) is 3.06. The molecule has 26 heavy (non-hydrogen) atoms. The molecule has 4 heterocycles. The minimum absolute atomic E-state index is 0.0475. The molecule has 2 aliphatic heterocycles. The Morgan fingerprint density at radius 2 is 2.08 bits per heavy atom. The molecule has 0 bridgehead atoms. The molecular formula is C16H21N5O4S.